The van der Waals surface area contributed by atoms with E-state index in [1.807, 2.05) is 12.1 Å². The Morgan fingerprint density at radius 2 is 1.42 bits per heavy atom. The van der Waals surface area contributed by atoms with Gasteiger partial charge in [-0.25, -0.2) is 0 Å². The van der Waals surface area contributed by atoms with E-state index in [0.29, 0.717) is 0 Å². The Hall–Kier alpha value is -3.07. The number of anilines is 4. The van der Waals surface area contributed by atoms with Gasteiger partial charge >= 0.3 is 0 Å². The van der Waals surface area contributed by atoms with Crippen LogP contribution in [0.1, 0.15) is 50.7 Å². The summed E-state index contributed by atoms with van der Waals surface area (Å²) in [6.45, 7) is 8.45. The standard InChI is InChI=1S/C28H34N2O/c1-5-7-9-23(6-2)28(31)29-24-10-8-11-27(20-24)30(25-16-12-21(3)13-17-25)26-18-14-22(4)15-19-26/h8,10-20,23H,5-7,9H2,1-4H3,(H,29,31). The highest BCUT2D eigenvalue weighted by molar-refractivity contribution is 5.93. The summed E-state index contributed by atoms with van der Waals surface area (Å²) < 4.78 is 0. The summed E-state index contributed by atoms with van der Waals surface area (Å²) in [6.07, 6.45) is 4.00. The number of nitrogens with one attached hydrogen (secondary N) is 1. The first-order valence-electron chi connectivity index (χ1n) is 11.4. The fraction of sp³-hybridized carbons (Fsp3) is 0.321. The van der Waals surface area contributed by atoms with Crippen LogP contribution in [0.2, 0.25) is 0 Å². The van der Waals surface area contributed by atoms with Gasteiger partial charge in [0.05, 0.1) is 0 Å². The molecule has 1 N–H and O–H groups in total. The van der Waals surface area contributed by atoms with Crippen molar-refractivity contribution >= 4 is 28.7 Å². The van der Waals surface area contributed by atoms with Gasteiger partial charge in [-0.05, 0) is 69.2 Å². The predicted molar refractivity (Wildman–Crippen MR) is 133 cm³/mol. The van der Waals surface area contributed by atoms with Gasteiger partial charge < -0.3 is 10.2 Å². The molecular formula is C28H34N2O. The van der Waals surface area contributed by atoms with Gasteiger partial charge in [0.2, 0.25) is 5.91 Å². The molecule has 0 aliphatic rings. The van der Waals surface area contributed by atoms with E-state index in [0.717, 1.165) is 48.4 Å². The molecule has 0 saturated carbocycles. The van der Waals surface area contributed by atoms with Crippen molar-refractivity contribution in [2.24, 2.45) is 5.92 Å². The molecule has 1 amide bonds. The largest absolute Gasteiger partial charge is 0.326 e. The van der Waals surface area contributed by atoms with Crippen molar-refractivity contribution in [2.75, 3.05) is 10.2 Å². The van der Waals surface area contributed by atoms with Gasteiger partial charge in [-0.2, -0.15) is 0 Å². The molecule has 3 nitrogen and oxygen atoms in total. The van der Waals surface area contributed by atoms with Crippen LogP contribution in [-0.2, 0) is 4.79 Å². The Morgan fingerprint density at radius 1 is 0.839 bits per heavy atom. The molecule has 3 aromatic carbocycles. The number of carbonyl (C=O) groups is 1. The summed E-state index contributed by atoms with van der Waals surface area (Å²) in [7, 11) is 0. The van der Waals surface area contributed by atoms with Crippen LogP contribution < -0.4 is 10.2 Å². The third-order valence-electron chi connectivity index (χ3n) is 5.73. The topological polar surface area (TPSA) is 32.3 Å². The fourth-order valence-electron chi connectivity index (χ4n) is 3.77. The zero-order valence-electron chi connectivity index (χ0n) is 19.2. The zero-order chi connectivity index (χ0) is 22.2. The second kappa shape index (κ2) is 10.8. The molecule has 3 heteroatoms. The Morgan fingerprint density at radius 3 is 1.94 bits per heavy atom. The minimum absolute atomic E-state index is 0.0638. The van der Waals surface area contributed by atoms with Crippen molar-refractivity contribution in [3.8, 4) is 0 Å². The highest BCUT2D eigenvalue weighted by Gasteiger charge is 2.17. The highest BCUT2D eigenvalue weighted by atomic mass is 16.1. The van der Waals surface area contributed by atoms with E-state index in [2.05, 4.69) is 98.6 Å². The fourth-order valence-corrected chi connectivity index (χ4v) is 3.77. The predicted octanol–water partition coefficient (Wildman–Crippen LogP) is 7.93. The quantitative estimate of drug-likeness (QED) is 0.385. The van der Waals surface area contributed by atoms with Crippen molar-refractivity contribution in [2.45, 2.75) is 53.4 Å². The lowest BCUT2D eigenvalue weighted by molar-refractivity contribution is -0.120. The zero-order valence-corrected chi connectivity index (χ0v) is 19.2. The molecule has 0 spiro atoms. The summed E-state index contributed by atoms with van der Waals surface area (Å²) in [6, 6.07) is 25.2. The van der Waals surface area contributed by atoms with E-state index in [9.17, 15) is 4.79 Å². The molecule has 3 aromatic rings. The molecule has 0 aliphatic heterocycles. The maximum Gasteiger partial charge on any atom is 0.227 e. The maximum atomic E-state index is 12.8. The van der Waals surface area contributed by atoms with Crippen LogP contribution in [0.25, 0.3) is 0 Å². The van der Waals surface area contributed by atoms with Crippen molar-refractivity contribution < 1.29 is 4.79 Å². The van der Waals surface area contributed by atoms with Gasteiger partial charge in [0, 0.05) is 28.7 Å². The molecular weight excluding hydrogens is 380 g/mol. The van der Waals surface area contributed by atoms with Crippen molar-refractivity contribution in [1.29, 1.82) is 0 Å². The third-order valence-corrected chi connectivity index (χ3v) is 5.73. The molecule has 0 radical (unpaired) electrons. The SMILES string of the molecule is CCCCC(CC)C(=O)Nc1cccc(N(c2ccc(C)cc2)c2ccc(C)cc2)c1. The number of rotatable bonds is 9. The molecule has 0 bridgehead atoms. The first kappa shape index (κ1) is 22.6. The summed E-state index contributed by atoms with van der Waals surface area (Å²) >= 11 is 0. The molecule has 0 aromatic heterocycles. The monoisotopic (exact) mass is 414 g/mol. The maximum absolute atomic E-state index is 12.8. The summed E-state index contributed by atoms with van der Waals surface area (Å²) in [5.41, 5.74) is 6.49. The van der Waals surface area contributed by atoms with E-state index in [4.69, 9.17) is 0 Å². The van der Waals surface area contributed by atoms with Gasteiger partial charge in [0.1, 0.15) is 0 Å². The molecule has 0 heterocycles. The third kappa shape index (κ3) is 5.97. The Balaban J connectivity index is 1.92. The summed E-state index contributed by atoms with van der Waals surface area (Å²) in [5, 5.41) is 3.15. The summed E-state index contributed by atoms with van der Waals surface area (Å²) in [4.78, 5) is 15.0. The molecule has 0 saturated heterocycles. The lowest BCUT2D eigenvalue weighted by atomic mass is 9.98. The number of hydrogen-bond donors (Lipinski definition) is 1. The van der Waals surface area contributed by atoms with Gasteiger partial charge in [-0.3, -0.25) is 4.79 Å². The van der Waals surface area contributed by atoms with Crippen molar-refractivity contribution in [1.82, 2.24) is 0 Å². The number of aryl methyl sites for hydroxylation is 2. The van der Waals surface area contributed by atoms with Crippen molar-refractivity contribution in [3.63, 3.8) is 0 Å². The van der Waals surface area contributed by atoms with E-state index in [1.165, 1.54) is 11.1 Å². The molecule has 1 unspecified atom stereocenters. The number of nitrogens with zero attached hydrogens (tertiary/aromatic N) is 1. The number of carbonyl (C=O) groups excluding carboxylic acids is 1. The van der Waals surface area contributed by atoms with Crippen LogP contribution in [0.3, 0.4) is 0 Å². The molecule has 162 valence electrons. The van der Waals surface area contributed by atoms with E-state index < -0.39 is 0 Å². The van der Waals surface area contributed by atoms with Gasteiger partial charge in [0.15, 0.2) is 0 Å². The number of amides is 1. The molecule has 1 atom stereocenters. The van der Waals surface area contributed by atoms with Crippen LogP contribution in [0.15, 0.2) is 72.8 Å². The normalized spacial score (nSPS) is 11.7. The number of hydrogen-bond acceptors (Lipinski definition) is 2. The number of unbranched alkanes of at least 4 members (excludes halogenated alkanes) is 1. The first-order chi connectivity index (χ1) is 15.0. The second-order valence-corrected chi connectivity index (χ2v) is 8.29. The van der Waals surface area contributed by atoms with E-state index in [-0.39, 0.29) is 11.8 Å². The average Bonchev–Trinajstić information content (AvgIpc) is 2.77. The lowest BCUT2D eigenvalue weighted by Gasteiger charge is -2.26. The average molecular weight is 415 g/mol. The van der Waals surface area contributed by atoms with E-state index >= 15 is 0 Å². The minimum atomic E-state index is 0.0638. The molecule has 31 heavy (non-hydrogen) atoms. The van der Waals surface area contributed by atoms with Gasteiger partial charge in [-0.15, -0.1) is 0 Å². The summed E-state index contributed by atoms with van der Waals surface area (Å²) in [5.74, 6) is 0.180. The smallest absolute Gasteiger partial charge is 0.227 e. The van der Waals surface area contributed by atoms with Crippen LogP contribution >= 0.6 is 0 Å². The van der Waals surface area contributed by atoms with Gasteiger partial charge in [-0.1, -0.05) is 68.1 Å². The minimum Gasteiger partial charge on any atom is -0.326 e. The molecule has 0 aliphatic carbocycles. The van der Waals surface area contributed by atoms with Gasteiger partial charge in [0.25, 0.3) is 0 Å². The second-order valence-electron chi connectivity index (χ2n) is 8.29. The van der Waals surface area contributed by atoms with Crippen LogP contribution in [0, 0.1) is 19.8 Å². The number of benzene rings is 3. The Bertz CT molecular complexity index is 931. The Kier molecular flexibility index (Phi) is 7.88. The van der Waals surface area contributed by atoms with E-state index in [1.54, 1.807) is 0 Å². The van der Waals surface area contributed by atoms with Crippen molar-refractivity contribution in [3.05, 3.63) is 83.9 Å². The van der Waals surface area contributed by atoms with Crippen LogP contribution in [0.4, 0.5) is 22.7 Å². The Labute approximate surface area is 187 Å². The molecule has 0 fully saturated rings. The lowest BCUT2D eigenvalue weighted by Crippen LogP contribution is -2.22. The van der Waals surface area contributed by atoms with Crippen LogP contribution in [0.5, 0.6) is 0 Å². The van der Waals surface area contributed by atoms with Crippen LogP contribution in [-0.4, -0.2) is 5.91 Å². The highest BCUT2D eigenvalue weighted by Crippen LogP contribution is 2.36. The molecule has 3 rings (SSSR count). The first-order valence-corrected chi connectivity index (χ1v) is 11.4.